The summed E-state index contributed by atoms with van der Waals surface area (Å²) in [6.07, 6.45) is 1.23. The van der Waals surface area contributed by atoms with E-state index >= 15 is 0 Å². The van der Waals surface area contributed by atoms with Gasteiger partial charge in [0.05, 0.1) is 6.20 Å². The molecule has 0 amide bonds. The maximum absolute atomic E-state index is 12.8. The van der Waals surface area contributed by atoms with Crippen molar-refractivity contribution < 1.29 is 9.50 Å². The van der Waals surface area contributed by atoms with Crippen LogP contribution in [0.4, 0.5) is 4.39 Å². The summed E-state index contributed by atoms with van der Waals surface area (Å²) in [5, 5.41) is 8.88. The van der Waals surface area contributed by atoms with Crippen molar-refractivity contribution in [2.75, 3.05) is 0 Å². The minimum Gasteiger partial charge on any atom is -0.492 e. The van der Waals surface area contributed by atoms with Crippen molar-refractivity contribution in [1.29, 1.82) is 0 Å². The van der Waals surface area contributed by atoms with E-state index in [2.05, 4.69) is 4.98 Å². The van der Waals surface area contributed by atoms with Crippen molar-refractivity contribution in [1.82, 2.24) is 9.38 Å². The Kier molecular flexibility index (Phi) is 1.09. The van der Waals surface area contributed by atoms with Crippen LogP contribution < -0.4 is 0 Å². The summed E-state index contributed by atoms with van der Waals surface area (Å²) in [6, 6.07) is 4.45. The number of fused-ring (bicyclic) bond motifs is 1. The third kappa shape index (κ3) is 0.832. The van der Waals surface area contributed by atoms with E-state index in [1.807, 2.05) is 0 Å². The molecular weight excluding hydrogens is 147 g/mol. The average Bonchev–Trinajstić information content (AvgIpc) is 2.31. The molecule has 2 heterocycles. The number of imidazole rings is 1. The third-order valence-corrected chi connectivity index (χ3v) is 1.43. The number of nitrogens with zero attached hydrogens (tertiary/aromatic N) is 2. The van der Waals surface area contributed by atoms with Crippen LogP contribution in [0.1, 0.15) is 0 Å². The fourth-order valence-electron chi connectivity index (χ4n) is 0.964. The van der Waals surface area contributed by atoms with Crippen LogP contribution in [0, 0.1) is 5.95 Å². The molecule has 2 rings (SSSR count). The Labute approximate surface area is 61.7 Å². The molecule has 0 aromatic carbocycles. The molecule has 0 aliphatic carbocycles. The molecule has 2 aromatic rings. The lowest BCUT2D eigenvalue weighted by Gasteiger charge is -1.91. The van der Waals surface area contributed by atoms with Crippen molar-refractivity contribution in [2.45, 2.75) is 0 Å². The fraction of sp³-hybridized carbons (Fsp3) is 0. The lowest BCUT2D eigenvalue weighted by molar-refractivity contribution is 0.456. The molecule has 0 aliphatic rings. The topological polar surface area (TPSA) is 37.5 Å². The second kappa shape index (κ2) is 1.95. The van der Waals surface area contributed by atoms with Gasteiger partial charge in [-0.15, -0.1) is 0 Å². The summed E-state index contributed by atoms with van der Waals surface area (Å²) in [6.45, 7) is 0. The molecule has 0 aliphatic heterocycles. The maximum Gasteiger partial charge on any atom is 0.230 e. The average molecular weight is 152 g/mol. The molecule has 4 heteroatoms. The van der Waals surface area contributed by atoms with Gasteiger partial charge in [0.15, 0.2) is 5.95 Å². The van der Waals surface area contributed by atoms with Gasteiger partial charge in [0.1, 0.15) is 5.65 Å². The SMILES string of the molecule is Oc1cn2c(F)cccc2n1. The summed E-state index contributed by atoms with van der Waals surface area (Å²) in [5.41, 5.74) is 0.405. The Hall–Kier alpha value is -1.58. The van der Waals surface area contributed by atoms with E-state index in [1.54, 1.807) is 6.07 Å². The molecule has 56 valence electrons. The summed E-state index contributed by atoms with van der Waals surface area (Å²) in [7, 11) is 0. The van der Waals surface area contributed by atoms with Gasteiger partial charge >= 0.3 is 0 Å². The molecule has 11 heavy (non-hydrogen) atoms. The summed E-state index contributed by atoms with van der Waals surface area (Å²) in [5.74, 6) is -0.606. The molecule has 0 fully saturated rings. The third-order valence-electron chi connectivity index (χ3n) is 1.43. The van der Waals surface area contributed by atoms with Gasteiger partial charge < -0.3 is 5.11 Å². The molecule has 3 nitrogen and oxygen atoms in total. The van der Waals surface area contributed by atoms with E-state index in [0.29, 0.717) is 5.65 Å². The molecule has 1 N–H and O–H groups in total. The Morgan fingerprint density at radius 1 is 1.45 bits per heavy atom. The first kappa shape index (κ1) is 6.15. The van der Waals surface area contributed by atoms with Gasteiger partial charge in [-0.2, -0.15) is 9.37 Å². The van der Waals surface area contributed by atoms with Gasteiger partial charge in [0, 0.05) is 0 Å². The summed E-state index contributed by atoms with van der Waals surface area (Å²) >= 11 is 0. The number of aromatic nitrogens is 2. The smallest absolute Gasteiger partial charge is 0.230 e. The first-order valence-electron chi connectivity index (χ1n) is 3.10. The fourth-order valence-corrected chi connectivity index (χ4v) is 0.964. The van der Waals surface area contributed by atoms with Crippen molar-refractivity contribution >= 4 is 5.65 Å². The molecule has 0 unspecified atom stereocenters. The van der Waals surface area contributed by atoms with Crippen LogP contribution in [0.15, 0.2) is 24.4 Å². The second-order valence-electron chi connectivity index (χ2n) is 2.18. The van der Waals surface area contributed by atoms with Crippen molar-refractivity contribution in [2.24, 2.45) is 0 Å². The zero-order valence-electron chi connectivity index (χ0n) is 5.53. The number of pyridine rings is 1. The Morgan fingerprint density at radius 2 is 2.27 bits per heavy atom. The van der Waals surface area contributed by atoms with Crippen LogP contribution in [0.25, 0.3) is 5.65 Å². The lowest BCUT2D eigenvalue weighted by atomic mass is 10.5. The van der Waals surface area contributed by atoms with Crippen LogP contribution in [-0.4, -0.2) is 14.5 Å². The van der Waals surface area contributed by atoms with E-state index in [4.69, 9.17) is 5.11 Å². The highest BCUT2D eigenvalue weighted by atomic mass is 19.1. The molecule has 0 spiro atoms. The maximum atomic E-state index is 12.8. The normalized spacial score (nSPS) is 10.6. The van der Waals surface area contributed by atoms with E-state index in [0.717, 1.165) is 0 Å². The van der Waals surface area contributed by atoms with Crippen LogP contribution in [0.3, 0.4) is 0 Å². The van der Waals surface area contributed by atoms with Gasteiger partial charge in [0.2, 0.25) is 5.88 Å². The highest BCUT2D eigenvalue weighted by molar-refractivity contribution is 5.40. The standard InChI is InChI=1S/C7H5FN2O/c8-5-2-1-3-6-9-7(11)4-10(5)6/h1-4,11H. The van der Waals surface area contributed by atoms with Gasteiger partial charge in [-0.1, -0.05) is 6.07 Å². The molecule has 0 saturated heterocycles. The first-order valence-corrected chi connectivity index (χ1v) is 3.10. The number of hydrogen-bond donors (Lipinski definition) is 1. The molecule has 0 atom stereocenters. The monoisotopic (exact) mass is 152 g/mol. The summed E-state index contributed by atoms with van der Waals surface area (Å²) in [4.78, 5) is 3.65. The van der Waals surface area contributed by atoms with E-state index in [9.17, 15) is 4.39 Å². The molecule has 0 bridgehead atoms. The van der Waals surface area contributed by atoms with Crippen LogP contribution >= 0.6 is 0 Å². The van der Waals surface area contributed by atoms with Gasteiger partial charge in [-0.3, -0.25) is 4.40 Å². The van der Waals surface area contributed by atoms with Crippen molar-refractivity contribution in [3.63, 3.8) is 0 Å². The van der Waals surface area contributed by atoms with E-state index < -0.39 is 5.95 Å². The molecule has 2 aromatic heterocycles. The minimum atomic E-state index is -0.435. The quantitative estimate of drug-likeness (QED) is 0.575. The predicted octanol–water partition coefficient (Wildman–Crippen LogP) is 1.18. The Morgan fingerprint density at radius 3 is 3.00 bits per heavy atom. The number of rotatable bonds is 0. The van der Waals surface area contributed by atoms with E-state index in [1.165, 1.54) is 22.7 Å². The number of aromatic hydroxyl groups is 1. The Balaban J connectivity index is 2.90. The van der Waals surface area contributed by atoms with Crippen LogP contribution in [0.5, 0.6) is 5.88 Å². The minimum absolute atomic E-state index is 0.171. The van der Waals surface area contributed by atoms with E-state index in [-0.39, 0.29) is 5.88 Å². The lowest BCUT2D eigenvalue weighted by Crippen LogP contribution is -1.88. The number of halogens is 1. The second-order valence-corrected chi connectivity index (χ2v) is 2.18. The molecule has 0 saturated carbocycles. The Bertz CT molecular complexity index is 396. The van der Waals surface area contributed by atoms with Crippen molar-refractivity contribution in [3.05, 3.63) is 30.3 Å². The summed E-state index contributed by atoms with van der Waals surface area (Å²) < 4.78 is 14.0. The molecular formula is C7H5FN2O. The predicted molar refractivity (Wildman–Crippen MR) is 36.8 cm³/mol. The van der Waals surface area contributed by atoms with Gasteiger partial charge in [-0.05, 0) is 12.1 Å². The highest BCUT2D eigenvalue weighted by Crippen LogP contribution is 2.11. The van der Waals surface area contributed by atoms with Crippen LogP contribution in [-0.2, 0) is 0 Å². The zero-order chi connectivity index (χ0) is 7.84. The van der Waals surface area contributed by atoms with Gasteiger partial charge in [0.25, 0.3) is 0 Å². The first-order chi connectivity index (χ1) is 5.27. The highest BCUT2D eigenvalue weighted by Gasteiger charge is 2.01. The van der Waals surface area contributed by atoms with Gasteiger partial charge in [-0.25, -0.2) is 0 Å². The zero-order valence-corrected chi connectivity index (χ0v) is 5.53. The van der Waals surface area contributed by atoms with Crippen LogP contribution in [0.2, 0.25) is 0 Å². The largest absolute Gasteiger partial charge is 0.492 e. The molecule has 0 radical (unpaired) electrons. The van der Waals surface area contributed by atoms with Crippen molar-refractivity contribution in [3.8, 4) is 5.88 Å². The number of hydrogen-bond acceptors (Lipinski definition) is 2.